The van der Waals surface area contributed by atoms with Crippen LogP contribution in [0.4, 0.5) is 5.13 Å². The molecule has 31 heavy (non-hydrogen) atoms. The van der Waals surface area contributed by atoms with Gasteiger partial charge in [0.25, 0.3) is 0 Å². The normalized spacial score (nSPS) is 10.9. The highest BCUT2D eigenvalue weighted by Crippen LogP contribution is 2.26. The van der Waals surface area contributed by atoms with Gasteiger partial charge in [0.2, 0.25) is 5.91 Å². The SMILES string of the molecule is Cc1cc2onc(CC(=O)Nc3nc(C)c(C(=O)OCc4ccccc4)s3)c2cc1C. The summed E-state index contributed by atoms with van der Waals surface area (Å²) in [6.45, 7) is 5.89. The van der Waals surface area contributed by atoms with Crippen LogP contribution in [-0.4, -0.2) is 22.0 Å². The van der Waals surface area contributed by atoms with Crippen LogP contribution in [0.1, 0.15) is 37.7 Å². The lowest BCUT2D eigenvalue weighted by molar-refractivity contribution is -0.115. The smallest absolute Gasteiger partial charge is 0.350 e. The number of hydrogen-bond donors (Lipinski definition) is 1. The number of aromatic nitrogens is 2. The highest BCUT2D eigenvalue weighted by atomic mass is 32.1. The molecule has 2 heterocycles. The Balaban J connectivity index is 1.41. The minimum Gasteiger partial charge on any atom is -0.457 e. The molecule has 2 aromatic carbocycles. The van der Waals surface area contributed by atoms with Crippen molar-refractivity contribution in [3.05, 3.63) is 75.4 Å². The van der Waals surface area contributed by atoms with Gasteiger partial charge in [0, 0.05) is 5.39 Å². The average molecular weight is 436 g/mol. The molecule has 0 bridgehead atoms. The lowest BCUT2D eigenvalue weighted by Crippen LogP contribution is -2.14. The Hall–Kier alpha value is -3.52. The number of fused-ring (bicyclic) bond motifs is 1. The van der Waals surface area contributed by atoms with E-state index in [1.165, 1.54) is 0 Å². The van der Waals surface area contributed by atoms with Crippen molar-refractivity contribution >= 4 is 39.3 Å². The lowest BCUT2D eigenvalue weighted by atomic mass is 10.1. The van der Waals surface area contributed by atoms with Crippen molar-refractivity contribution < 1.29 is 18.8 Å². The van der Waals surface area contributed by atoms with Gasteiger partial charge in [-0.1, -0.05) is 46.8 Å². The number of thiazole rings is 1. The molecular weight excluding hydrogens is 414 g/mol. The topological polar surface area (TPSA) is 94.3 Å². The summed E-state index contributed by atoms with van der Waals surface area (Å²) in [5.74, 6) is -0.751. The number of carbonyl (C=O) groups excluding carboxylic acids is 2. The van der Waals surface area contributed by atoms with E-state index in [0.29, 0.717) is 27.0 Å². The van der Waals surface area contributed by atoms with Crippen LogP contribution in [0.3, 0.4) is 0 Å². The zero-order valence-corrected chi connectivity index (χ0v) is 18.2. The van der Waals surface area contributed by atoms with Crippen molar-refractivity contribution in [2.45, 2.75) is 33.8 Å². The van der Waals surface area contributed by atoms with Crippen molar-refractivity contribution in [3.63, 3.8) is 0 Å². The molecule has 0 radical (unpaired) electrons. The monoisotopic (exact) mass is 435 g/mol. The fraction of sp³-hybridized carbons (Fsp3) is 0.217. The van der Waals surface area contributed by atoms with Crippen molar-refractivity contribution in [1.29, 1.82) is 0 Å². The third kappa shape index (κ3) is 4.64. The number of rotatable bonds is 6. The summed E-state index contributed by atoms with van der Waals surface area (Å²) < 4.78 is 10.7. The van der Waals surface area contributed by atoms with E-state index < -0.39 is 5.97 Å². The van der Waals surface area contributed by atoms with Gasteiger partial charge in [0.1, 0.15) is 17.2 Å². The molecular formula is C23H21N3O4S. The second kappa shape index (κ2) is 8.69. The fourth-order valence-corrected chi connectivity index (χ4v) is 3.99. The third-order valence-corrected chi connectivity index (χ3v) is 5.98. The highest BCUT2D eigenvalue weighted by molar-refractivity contribution is 7.17. The van der Waals surface area contributed by atoms with Crippen LogP contribution in [0.25, 0.3) is 11.0 Å². The highest BCUT2D eigenvalue weighted by Gasteiger charge is 2.19. The van der Waals surface area contributed by atoms with Gasteiger partial charge in [0.15, 0.2) is 10.7 Å². The molecule has 4 aromatic rings. The van der Waals surface area contributed by atoms with Crippen LogP contribution in [0.15, 0.2) is 47.0 Å². The summed E-state index contributed by atoms with van der Waals surface area (Å²) in [5, 5.41) is 7.94. The number of benzene rings is 2. The minimum atomic E-state index is -0.465. The second-order valence-corrected chi connectivity index (χ2v) is 8.28. The molecule has 4 rings (SSSR count). The zero-order valence-electron chi connectivity index (χ0n) is 17.4. The Bertz CT molecular complexity index is 1260. The minimum absolute atomic E-state index is 0.0436. The molecule has 0 unspecified atom stereocenters. The molecule has 0 fully saturated rings. The first kappa shape index (κ1) is 20.7. The number of anilines is 1. The predicted octanol–water partition coefficient (Wildman–Crippen LogP) is 4.75. The van der Waals surface area contributed by atoms with E-state index in [9.17, 15) is 9.59 Å². The molecule has 2 aromatic heterocycles. The quantitative estimate of drug-likeness (QED) is 0.439. The average Bonchev–Trinajstić information content (AvgIpc) is 3.30. The number of amides is 1. The largest absolute Gasteiger partial charge is 0.457 e. The zero-order chi connectivity index (χ0) is 22.0. The molecule has 0 saturated heterocycles. The van der Waals surface area contributed by atoms with Crippen LogP contribution in [0, 0.1) is 20.8 Å². The van der Waals surface area contributed by atoms with Crippen molar-refractivity contribution in [2.24, 2.45) is 0 Å². The number of hydrogen-bond acceptors (Lipinski definition) is 7. The number of nitrogens with zero attached hydrogens (tertiary/aromatic N) is 2. The van der Waals surface area contributed by atoms with Crippen LogP contribution in [0.2, 0.25) is 0 Å². The molecule has 0 aliphatic heterocycles. The number of aryl methyl sites for hydroxylation is 3. The molecule has 7 nitrogen and oxygen atoms in total. The van der Waals surface area contributed by atoms with Crippen molar-refractivity contribution in [1.82, 2.24) is 10.1 Å². The number of ether oxygens (including phenoxy) is 1. The van der Waals surface area contributed by atoms with Crippen molar-refractivity contribution in [2.75, 3.05) is 5.32 Å². The summed E-state index contributed by atoms with van der Waals surface area (Å²) in [6, 6.07) is 13.3. The first-order valence-electron chi connectivity index (χ1n) is 9.74. The Morgan fingerprint density at radius 3 is 2.61 bits per heavy atom. The van der Waals surface area contributed by atoms with Gasteiger partial charge in [-0.25, -0.2) is 9.78 Å². The summed E-state index contributed by atoms with van der Waals surface area (Å²) >= 11 is 1.09. The van der Waals surface area contributed by atoms with Gasteiger partial charge in [-0.05, 0) is 49.6 Å². The van der Waals surface area contributed by atoms with Crippen LogP contribution >= 0.6 is 11.3 Å². The summed E-state index contributed by atoms with van der Waals surface area (Å²) in [6.07, 6.45) is 0.0436. The van der Waals surface area contributed by atoms with E-state index in [4.69, 9.17) is 9.26 Å². The molecule has 158 valence electrons. The fourth-order valence-electron chi connectivity index (χ4n) is 3.12. The van der Waals surface area contributed by atoms with Gasteiger partial charge in [-0.2, -0.15) is 0 Å². The van der Waals surface area contributed by atoms with Gasteiger partial charge in [-0.15, -0.1) is 0 Å². The van der Waals surface area contributed by atoms with Gasteiger partial charge in [0.05, 0.1) is 12.1 Å². The first-order chi connectivity index (χ1) is 14.9. The van der Waals surface area contributed by atoms with Crippen LogP contribution in [0.5, 0.6) is 0 Å². The molecule has 1 N–H and O–H groups in total. The predicted molar refractivity (Wildman–Crippen MR) is 118 cm³/mol. The number of esters is 1. The van der Waals surface area contributed by atoms with Crippen molar-refractivity contribution in [3.8, 4) is 0 Å². The number of carbonyl (C=O) groups is 2. The van der Waals surface area contributed by atoms with Crippen LogP contribution in [-0.2, 0) is 22.6 Å². The standard InChI is InChI=1S/C23H21N3O4S/c1-13-9-17-18(26-30-19(17)10-14(13)2)11-20(27)25-23-24-15(3)21(31-23)22(28)29-12-16-7-5-4-6-8-16/h4-10H,11-12H2,1-3H3,(H,24,25,27). The molecule has 0 atom stereocenters. The van der Waals surface area contributed by atoms with E-state index >= 15 is 0 Å². The number of nitrogens with one attached hydrogen (secondary N) is 1. The molecule has 0 aliphatic carbocycles. The van der Waals surface area contributed by atoms with Gasteiger partial charge in [-0.3, -0.25) is 4.79 Å². The lowest BCUT2D eigenvalue weighted by Gasteiger charge is -2.03. The van der Waals surface area contributed by atoms with E-state index in [0.717, 1.165) is 33.4 Å². The van der Waals surface area contributed by atoms with E-state index in [2.05, 4.69) is 15.5 Å². The summed E-state index contributed by atoms with van der Waals surface area (Å²) in [4.78, 5) is 29.6. The first-order valence-corrected chi connectivity index (χ1v) is 10.6. The molecule has 1 amide bonds. The Morgan fingerprint density at radius 2 is 1.84 bits per heavy atom. The molecule has 0 saturated carbocycles. The molecule has 0 aliphatic rings. The van der Waals surface area contributed by atoms with E-state index in [-0.39, 0.29) is 18.9 Å². The molecule has 0 spiro atoms. The summed E-state index contributed by atoms with van der Waals surface area (Å²) in [7, 11) is 0. The van der Waals surface area contributed by atoms with Crippen LogP contribution < -0.4 is 5.32 Å². The Kier molecular flexibility index (Phi) is 5.81. The summed E-state index contributed by atoms with van der Waals surface area (Å²) in [5.41, 5.74) is 4.83. The van der Waals surface area contributed by atoms with E-state index in [1.54, 1.807) is 6.92 Å². The third-order valence-electron chi connectivity index (χ3n) is 4.93. The van der Waals surface area contributed by atoms with E-state index in [1.807, 2.05) is 56.3 Å². The maximum atomic E-state index is 12.5. The van der Waals surface area contributed by atoms with Gasteiger partial charge < -0.3 is 14.6 Å². The Morgan fingerprint density at radius 1 is 1.10 bits per heavy atom. The van der Waals surface area contributed by atoms with Gasteiger partial charge >= 0.3 is 5.97 Å². The molecule has 8 heteroatoms. The maximum absolute atomic E-state index is 12.5. The maximum Gasteiger partial charge on any atom is 0.350 e. The second-order valence-electron chi connectivity index (χ2n) is 7.28. The Labute approximate surface area is 183 Å².